The van der Waals surface area contributed by atoms with Gasteiger partial charge in [-0.25, -0.2) is 0 Å². The van der Waals surface area contributed by atoms with Gasteiger partial charge in [0.2, 0.25) is 0 Å². The van der Waals surface area contributed by atoms with Gasteiger partial charge >= 0.3 is 0 Å². The average molecular weight is 239 g/mol. The average Bonchev–Trinajstić information content (AvgIpc) is 2.84. The third kappa shape index (κ3) is 3.71. The molecule has 0 heterocycles. The maximum atomic E-state index is 3.59. The van der Waals surface area contributed by atoms with E-state index in [2.05, 4.69) is 40.1 Å². The number of nitrogens with one attached hydrogen (secondary N) is 1. The molecule has 0 aromatic carbocycles. The first-order valence-corrected chi connectivity index (χ1v) is 7.82. The summed E-state index contributed by atoms with van der Waals surface area (Å²) in [6.07, 6.45) is 8.57. The molecule has 0 bridgehead atoms. The van der Waals surface area contributed by atoms with Crippen LogP contribution in [-0.2, 0) is 0 Å². The lowest BCUT2D eigenvalue weighted by molar-refractivity contribution is 0.160. The van der Waals surface area contributed by atoms with Crippen molar-refractivity contribution in [3.05, 3.63) is 0 Å². The second-order valence-electron chi connectivity index (χ2n) is 6.18. The van der Waals surface area contributed by atoms with E-state index in [0.29, 0.717) is 6.04 Å². The zero-order valence-electron chi connectivity index (χ0n) is 12.6. The molecule has 17 heavy (non-hydrogen) atoms. The summed E-state index contributed by atoms with van der Waals surface area (Å²) >= 11 is 0. The maximum Gasteiger partial charge on any atom is 0.0118 e. The van der Waals surface area contributed by atoms with E-state index in [-0.39, 0.29) is 0 Å². The Hall–Kier alpha value is -0.0400. The lowest BCUT2D eigenvalue weighted by atomic mass is 9.73. The van der Waals surface area contributed by atoms with Gasteiger partial charge in [0.1, 0.15) is 0 Å². The van der Waals surface area contributed by atoms with Gasteiger partial charge in [0.05, 0.1) is 0 Å². The van der Waals surface area contributed by atoms with Gasteiger partial charge in [0.25, 0.3) is 0 Å². The van der Waals surface area contributed by atoms with Crippen molar-refractivity contribution in [1.29, 1.82) is 0 Å². The Labute approximate surface area is 109 Å². The van der Waals surface area contributed by atoms with Crippen LogP contribution in [-0.4, -0.2) is 13.1 Å². The molecule has 1 saturated carbocycles. The van der Waals surface area contributed by atoms with Crippen LogP contribution < -0.4 is 5.32 Å². The van der Waals surface area contributed by atoms with Crippen LogP contribution in [0.3, 0.4) is 0 Å². The molecule has 4 atom stereocenters. The molecule has 0 spiro atoms. The van der Waals surface area contributed by atoms with E-state index >= 15 is 0 Å². The van der Waals surface area contributed by atoms with Gasteiger partial charge in [-0.2, -0.15) is 0 Å². The van der Waals surface area contributed by atoms with Gasteiger partial charge in [-0.1, -0.05) is 66.2 Å². The van der Waals surface area contributed by atoms with Crippen molar-refractivity contribution in [3.63, 3.8) is 0 Å². The third-order valence-corrected chi connectivity index (χ3v) is 5.31. The molecular weight excluding hydrogens is 206 g/mol. The first-order chi connectivity index (χ1) is 8.15. The molecule has 1 aliphatic rings. The minimum absolute atomic E-state index is 0.700. The first-order valence-electron chi connectivity index (χ1n) is 7.82. The van der Waals surface area contributed by atoms with E-state index in [1.54, 1.807) is 0 Å². The Balaban J connectivity index is 2.65. The highest BCUT2D eigenvalue weighted by molar-refractivity contribution is 4.86. The van der Waals surface area contributed by atoms with Crippen LogP contribution in [0.15, 0.2) is 0 Å². The van der Waals surface area contributed by atoms with Crippen molar-refractivity contribution in [2.75, 3.05) is 7.05 Å². The van der Waals surface area contributed by atoms with Gasteiger partial charge in [-0.15, -0.1) is 0 Å². The minimum atomic E-state index is 0.700. The normalized spacial score (nSPS) is 24.5. The van der Waals surface area contributed by atoms with Crippen molar-refractivity contribution in [2.45, 2.75) is 72.3 Å². The topological polar surface area (TPSA) is 12.0 Å². The van der Waals surface area contributed by atoms with Gasteiger partial charge in [0, 0.05) is 6.04 Å². The van der Waals surface area contributed by atoms with E-state index in [1.165, 1.54) is 38.5 Å². The predicted molar refractivity (Wildman–Crippen MR) is 77.2 cm³/mol. The van der Waals surface area contributed by atoms with Crippen molar-refractivity contribution < 1.29 is 0 Å². The highest BCUT2D eigenvalue weighted by Gasteiger charge is 2.33. The Morgan fingerprint density at radius 3 is 2.06 bits per heavy atom. The van der Waals surface area contributed by atoms with Gasteiger partial charge in [0.15, 0.2) is 0 Å². The fraction of sp³-hybridized carbons (Fsp3) is 1.00. The van der Waals surface area contributed by atoms with Crippen LogP contribution in [0.25, 0.3) is 0 Å². The van der Waals surface area contributed by atoms with Gasteiger partial charge in [-0.05, 0) is 30.7 Å². The highest BCUT2D eigenvalue weighted by Crippen LogP contribution is 2.39. The molecule has 0 radical (unpaired) electrons. The summed E-state index contributed by atoms with van der Waals surface area (Å²) in [6.45, 7) is 9.60. The fourth-order valence-electron chi connectivity index (χ4n) is 4.11. The van der Waals surface area contributed by atoms with E-state index in [4.69, 9.17) is 0 Å². The Morgan fingerprint density at radius 1 is 1.06 bits per heavy atom. The summed E-state index contributed by atoms with van der Waals surface area (Å²) in [5, 5.41) is 3.59. The van der Waals surface area contributed by atoms with Crippen LogP contribution >= 0.6 is 0 Å². The lowest BCUT2D eigenvalue weighted by Crippen LogP contribution is -2.42. The van der Waals surface area contributed by atoms with E-state index in [9.17, 15) is 0 Å². The van der Waals surface area contributed by atoms with Crippen LogP contribution in [0, 0.1) is 23.7 Å². The summed E-state index contributed by atoms with van der Waals surface area (Å²) in [5.41, 5.74) is 0. The standard InChI is InChI=1S/C16H33N/c1-6-12(3)16(17-5)13(4)15(7-2)14-10-8-9-11-14/h12-17H,6-11H2,1-5H3. The van der Waals surface area contributed by atoms with Gasteiger partial charge in [-0.3, -0.25) is 0 Å². The molecule has 1 heteroatoms. The molecule has 1 fully saturated rings. The molecule has 0 aliphatic heterocycles. The highest BCUT2D eigenvalue weighted by atomic mass is 14.9. The molecule has 0 aromatic heterocycles. The Bertz CT molecular complexity index is 196. The summed E-state index contributed by atoms with van der Waals surface area (Å²) < 4.78 is 0. The zero-order valence-corrected chi connectivity index (χ0v) is 12.6. The van der Waals surface area contributed by atoms with Gasteiger partial charge < -0.3 is 5.32 Å². The van der Waals surface area contributed by atoms with E-state index < -0.39 is 0 Å². The largest absolute Gasteiger partial charge is 0.316 e. The first kappa shape index (κ1) is 15.0. The number of hydrogen-bond acceptors (Lipinski definition) is 1. The smallest absolute Gasteiger partial charge is 0.0118 e. The molecule has 1 rings (SSSR count). The third-order valence-electron chi connectivity index (χ3n) is 5.31. The second-order valence-corrected chi connectivity index (χ2v) is 6.18. The maximum absolute atomic E-state index is 3.59. The summed E-state index contributed by atoms with van der Waals surface area (Å²) in [7, 11) is 2.15. The summed E-state index contributed by atoms with van der Waals surface area (Å²) in [6, 6.07) is 0.700. The zero-order chi connectivity index (χ0) is 12.8. The van der Waals surface area contributed by atoms with Crippen LogP contribution in [0.4, 0.5) is 0 Å². The minimum Gasteiger partial charge on any atom is -0.316 e. The monoisotopic (exact) mass is 239 g/mol. The SMILES string of the molecule is CCC(C)C(NC)C(C)C(CC)C1CCCC1. The molecule has 102 valence electrons. The second kappa shape index (κ2) is 7.41. The van der Waals surface area contributed by atoms with Crippen molar-refractivity contribution >= 4 is 0 Å². The predicted octanol–water partition coefficient (Wildman–Crippen LogP) is 4.47. The summed E-state index contributed by atoms with van der Waals surface area (Å²) in [4.78, 5) is 0. The molecule has 0 amide bonds. The van der Waals surface area contributed by atoms with E-state index in [1.807, 2.05) is 0 Å². The van der Waals surface area contributed by atoms with Crippen LogP contribution in [0.2, 0.25) is 0 Å². The Morgan fingerprint density at radius 2 is 1.65 bits per heavy atom. The molecule has 1 nitrogen and oxygen atoms in total. The molecule has 0 aromatic rings. The molecule has 0 saturated heterocycles. The van der Waals surface area contributed by atoms with E-state index in [0.717, 1.165) is 23.7 Å². The summed E-state index contributed by atoms with van der Waals surface area (Å²) in [5.74, 6) is 3.56. The van der Waals surface area contributed by atoms with Crippen molar-refractivity contribution in [2.24, 2.45) is 23.7 Å². The lowest BCUT2D eigenvalue weighted by Gasteiger charge is -2.37. The molecule has 1 N–H and O–H groups in total. The number of hydrogen-bond donors (Lipinski definition) is 1. The van der Waals surface area contributed by atoms with Crippen LogP contribution in [0.1, 0.15) is 66.2 Å². The van der Waals surface area contributed by atoms with Crippen LogP contribution in [0.5, 0.6) is 0 Å². The molecule has 1 aliphatic carbocycles. The molecular formula is C16H33N. The molecule has 4 unspecified atom stereocenters. The number of rotatable bonds is 7. The Kier molecular flexibility index (Phi) is 6.54. The fourth-order valence-corrected chi connectivity index (χ4v) is 4.11. The quantitative estimate of drug-likeness (QED) is 0.691. The van der Waals surface area contributed by atoms with Crippen molar-refractivity contribution in [1.82, 2.24) is 5.32 Å². The van der Waals surface area contributed by atoms with Crippen molar-refractivity contribution in [3.8, 4) is 0 Å².